The van der Waals surface area contributed by atoms with E-state index in [1.807, 2.05) is 0 Å². The summed E-state index contributed by atoms with van der Waals surface area (Å²) in [5, 5.41) is 12.1. The number of fused-ring (bicyclic) bond motifs is 2. The molecule has 2 aliphatic rings. The quantitative estimate of drug-likeness (QED) is 0.795. The van der Waals surface area contributed by atoms with E-state index in [4.69, 9.17) is 14.2 Å². The summed E-state index contributed by atoms with van der Waals surface area (Å²) in [6.07, 6.45) is 2.36. The molecule has 7 heteroatoms. The van der Waals surface area contributed by atoms with Gasteiger partial charge in [-0.1, -0.05) is 12.2 Å². The number of benzene rings is 1. The normalized spacial score (nSPS) is 27.7. The van der Waals surface area contributed by atoms with Gasteiger partial charge in [-0.15, -0.1) is 0 Å². The smallest absolute Gasteiger partial charge is 0.310 e. The molecule has 0 spiro atoms. The first-order valence-electron chi connectivity index (χ1n) is 7.14. The molecule has 0 radical (unpaired) electrons. The summed E-state index contributed by atoms with van der Waals surface area (Å²) in [4.78, 5) is 24.0. The molecule has 1 saturated heterocycles. The van der Waals surface area contributed by atoms with E-state index in [9.17, 15) is 14.7 Å². The van der Waals surface area contributed by atoms with Crippen LogP contribution in [-0.4, -0.2) is 43.4 Å². The van der Waals surface area contributed by atoms with E-state index in [0.29, 0.717) is 17.2 Å². The zero-order valence-corrected chi connectivity index (χ0v) is 12.7. The number of methoxy groups -OCH3 is 2. The standard InChI is InChI=1S/C16H17NO6/c1-21-8-3-4-10(22-2)9(7-8)17-15(18)13-11-5-6-12(23-11)14(13)16(19)20/h3-7,11-14H,1-2H3,(H,17,18)(H,19,20)/t11-,12-,13+,14-/m0/s1. The van der Waals surface area contributed by atoms with Crippen LogP contribution in [0.25, 0.3) is 0 Å². The topological polar surface area (TPSA) is 94.1 Å². The van der Waals surface area contributed by atoms with Gasteiger partial charge in [-0.05, 0) is 12.1 Å². The summed E-state index contributed by atoms with van der Waals surface area (Å²) in [5.41, 5.74) is 0.424. The highest BCUT2D eigenvalue weighted by molar-refractivity contribution is 5.97. The highest BCUT2D eigenvalue weighted by Gasteiger charge is 2.53. The van der Waals surface area contributed by atoms with Gasteiger partial charge in [-0.3, -0.25) is 9.59 Å². The lowest BCUT2D eigenvalue weighted by molar-refractivity contribution is -0.145. The molecule has 0 saturated carbocycles. The maximum atomic E-state index is 12.6. The van der Waals surface area contributed by atoms with Gasteiger partial charge in [0.1, 0.15) is 17.4 Å². The van der Waals surface area contributed by atoms with Gasteiger partial charge in [-0.25, -0.2) is 0 Å². The average molecular weight is 319 g/mol. The Morgan fingerprint density at radius 2 is 1.83 bits per heavy atom. The third-order valence-electron chi connectivity index (χ3n) is 4.15. The van der Waals surface area contributed by atoms with Crippen LogP contribution >= 0.6 is 0 Å². The van der Waals surface area contributed by atoms with Crippen molar-refractivity contribution >= 4 is 17.6 Å². The van der Waals surface area contributed by atoms with Gasteiger partial charge in [0, 0.05) is 6.07 Å². The van der Waals surface area contributed by atoms with Crippen LogP contribution in [0.2, 0.25) is 0 Å². The van der Waals surface area contributed by atoms with Crippen LogP contribution < -0.4 is 14.8 Å². The number of rotatable bonds is 5. The number of anilines is 1. The Kier molecular flexibility index (Phi) is 3.96. The fourth-order valence-corrected chi connectivity index (χ4v) is 3.04. The number of carbonyl (C=O) groups is 2. The molecule has 0 aromatic heterocycles. The van der Waals surface area contributed by atoms with Crippen molar-refractivity contribution in [1.82, 2.24) is 0 Å². The van der Waals surface area contributed by atoms with Crippen molar-refractivity contribution in [3.8, 4) is 11.5 Å². The number of hydrogen-bond donors (Lipinski definition) is 2. The molecular weight excluding hydrogens is 302 g/mol. The molecule has 122 valence electrons. The zero-order chi connectivity index (χ0) is 16.6. The lowest BCUT2D eigenvalue weighted by Gasteiger charge is -2.21. The van der Waals surface area contributed by atoms with Crippen LogP contribution in [0.1, 0.15) is 0 Å². The van der Waals surface area contributed by atoms with Crippen molar-refractivity contribution < 1.29 is 28.9 Å². The van der Waals surface area contributed by atoms with Crippen LogP contribution in [0.5, 0.6) is 11.5 Å². The fraction of sp³-hybridized carbons (Fsp3) is 0.375. The van der Waals surface area contributed by atoms with E-state index in [1.54, 1.807) is 30.4 Å². The lowest BCUT2D eigenvalue weighted by atomic mass is 9.82. The van der Waals surface area contributed by atoms with Crippen LogP contribution in [-0.2, 0) is 14.3 Å². The van der Waals surface area contributed by atoms with Gasteiger partial charge >= 0.3 is 5.97 Å². The van der Waals surface area contributed by atoms with E-state index in [-0.39, 0.29) is 0 Å². The molecule has 0 aliphatic carbocycles. The van der Waals surface area contributed by atoms with Crippen molar-refractivity contribution in [2.45, 2.75) is 12.2 Å². The first-order chi connectivity index (χ1) is 11.0. The molecule has 0 unspecified atom stereocenters. The first kappa shape index (κ1) is 15.4. The maximum absolute atomic E-state index is 12.6. The van der Waals surface area contributed by atoms with E-state index in [2.05, 4.69) is 5.32 Å². The first-order valence-corrected chi connectivity index (χ1v) is 7.14. The third kappa shape index (κ3) is 2.63. The molecule has 4 atom stereocenters. The summed E-state index contributed by atoms with van der Waals surface area (Å²) in [5.74, 6) is -2.11. The summed E-state index contributed by atoms with van der Waals surface area (Å²) in [7, 11) is 3.00. The van der Waals surface area contributed by atoms with Crippen molar-refractivity contribution in [1.29, 1.82) is 0 Å². The van der Waals surface area contributed by atoms with Gasteiger partial charge in [0.25, 0.3) is 0 Å². The maximum Gasteiger partial charge on any atom is 0.310 e. The second-order valence-corrected chi connectivity index (χ2v) is 5.40. The van der Waals surface area contributed by atoms with Gasteiger partial charge in [0.2, 0.25) is 5.91 Å². The summed E-state index contributed by atoms with van der Waals surface area (Å²) in [6, 6.07) is 4.99. The number of carboxylic acid groups (broad SMARTS) is 1. The Morgan fingerprint density at radius 3 is 2.43 bits per heavy atom. The number of hydrogen-bond acceptors (Lipinski definition) is 5. The largest absolute Gasteiger partial charge is 0.497 e. The number of nitrogens with one attached hydrogen (secondary N) is 1. The molecule has 7 nitrogen and oxygen atoms in total. The van der Waals surface area contributed by atoms with Crippen LogP contribution in [0.4, 0.5) is 5.69 Å². The molecule has 2 heterocycles. The summed E-state index contributed by atoms with van der Waals surface area (Å²) < 4.78 is 15.9. The summed E-state index contributed by atoms with van der Waals surface area (Å²) in [6.45, 7) is 0. The fourth-order valence-electron chi connectivity index (χ4n) is 3.04. The number of aliphatic carboxylic acids is 1. The Labute approximate surface area is 132 Å². The molecule has 2 N–H and O–H groups in total. The third-order valence-corrected chi connectivity index (χ3v) is 4.15. The Hall–Kier alpha value is -2.54. The molecular formula is C16H17NO6. The predicted molar refractivity (Wildman–Crippen MR) is 80.6 cm³/mol. The molecule has 1 fully saturated rings. The highest BCUT2D eigenvalue weighted by atomic mass is 16.5. The van der Waals surface area contributed by atoms with Crippen LogP contribution in [0.3, 0.4) is 0 Å². The second-order valence-electron chi connectivity index (χ2n) is 5.40. The van der Waals surface area contributed by atoms with Crippen molar-refractivity contribution in [3.63, 3.8) is 0 Å². The average Bonchev–Trinajstić information content (AvgIpc) is 3.15. The number of carboxylic acids is 1. The van der Waals surface area contributed by atoms with E-state index < -0.39 is 35.9 Å². The van der Waals surface area contributed by atoms with Crippen molar-refractivity contribution in [2.24, 2.45) is 11.8 Å². The molecule has 2 aliphatic heterocycles. The highest BCUT2D eigenvalue weighted by Crippen LogP contribution is 2.40. The van der Waals surface area contributed by atoms with Gasteiger partial charge in [0.05, 0.1) is 38.0 Å². The molecule has 1 aromatic carbocycles. The second kappa shape index (κ2) is 5.92. The van der Waals surface area contributed by atoms with E-state index >= 15 is 0 Å². The Balaban J connectivity index is 1.84. The minimum absolute atomic E-state index is 0.416. The van der Waals surface area contributed by atoms with Crippen molar-refractivity contribution in [3.05, 3.63) is 30.4 Å². The SMILES string of the molecule is COc1ccc(OC)c(NC(=O)[C@H]2[C@@H](C(=O)O)[C@@H]3C=C[C@@H]2O3)c1. The lowest BCUT2D eigenvalue weighted by Crippen LogP contribution is -2.39. The van der Waals surface area contributed by atoms with Gasteiger partial charge in [0.15, 0.2) is 0 Å². The van der Waals surface area contributed by atoms with Crippen LogP contribution in [0.15, 0.2) is 30.4 Å². The molecule has 3 rings (SSSR count). The monoisotopic (exact) mass is 319 g/mol. The Morgan fingerprint density at radius 1 is 1.13 bits per heavy atom. The van der Waals surface area contributed by atoms with Gasteiger partial charge in [-0.2, -0.15) is 0 Å². The number of ether oxygens (including phenoxy) is 3. The zero-order valence-electron chi connectivity index (χ0n) is 12.7. The van der Waals surface area contributed by atoms with Crippen molar-refractivity contribution in [2.75, 3.05) is 19.5 Å². The number of amides is 1. The van der Waals surface area contributed by atoms with Crippen LogP contribution in [0, 0.1) is 11.8 Å². The predicted octanol–water partition coefficient (Wildman–Crippen LogP) is 1.30. The number of carbonyl (C=O) groups excluding carboxylic acids is 1. The van der Waals surface area contributed by atoms with E-state index in [1.165, 1.54) is 14.2 Å². The molecule has 1 aromatic rings. The minimum atomic E-state index is -1.04. The Bertz CT molecular complexity index is 671. The van der Waals surface area contributed by atoms with Gasteiger partial charge < -0.3 is 24.6 Å². The molecule has 1 amide bonds. The minimum Gasteiger partial charge on any atom is -0.497 e. The molecule has 23 heavy (non-hydrogen) atoms. The summed E-state index contributed by atoms with van der Waals surface area (Å²) >= 11 is 0. The molecule has 2 bridgehead atoms. The van der Waals surface area contributed by atoms with E-state index in [0.717, 1.165) is 0 Å².